The van der Waals surface area contributed by atoms with Gasteiger partial charge in [0.05, 0.1) is 17.0 Å². The standard InChI is InChI=1S/C22H16ClN3O4S/c23-15-8-10-16(11-9-15)26-31(29,30)17-5-3-4-14(12-17)22(28)25-24-20-13-21(27)19-7-2-1-6-18(19)20/h1-12,26H,13H2,(H,25,28). The first kappa shape index (κ1) is 20.8. The summed E-state index contributed by atoms with van der Waals surface area (Å²) in [5.41, 5.74) is 4.56. The fourth-order valence-corrected chi connectivity index (χ4v) is 4.37. The van der Waals surface area contributed by atoms with Crippen LogP contribution in [0, 0.1) is 0 Å². The first-order valence-electron chi connectivity index (χ1n) is 9.21. The first-order chi connectivity index (χ1) is 14.8. The number of hydrogen-bond donors (Lipinski definition) is 2. The van der Waals surface area contributed by atoms with E-state index in [1.807, 2.05) is 0 Å². The van der Waals surface area contributed by atoms with Crippen LogP contribution in [0.15, 0.2) is 82.8 Å². The third-order valence-corrected chi connectivity index (χ3v) is 6.29. The molecule has 0 heterocycles. The summed E-state index contributed by atoms with van der Waals surface area (Å²) in [7, 11) is -3.91. The number of hydrazone groups is 1. The average Bonchev–Trinajstić information content (AvgIpc) is 3.09. The van der Waals surface area contributed by atoms with Crippen LogP contribution in [-0.4, -0.2) is 25.8 Å². The highest BCUT2D eigenvalue weighted by atomic mass is 35.5. The number of nitrogens with zero attached hydrogens (tertiary/aromatic N) is 1. The van der Waals surface area contributed by atoms with Gasteiger partial charge in [-0.05, 0) is 42.5 Å². The lowest BCUT2D eigenvalue weighted by atomic mass is 10.1. The van der Waals surface area contributed by atoms with E-state index in [4.69, 9.17) is 11.6 Å². The van der Waals surface area contributed by atoms with Crippen molar-refractivity contribution >= 4 is 44.7 Å². The lowest BCUT2D eigenvalue weighted by molar-refractivity contribution is 0.0951. The van der Waals surface area contributed by atoms with Gasteiger partial charge in [-0.1, -0.05) is 41.9 Å². The zero-order chi connectivity index (χ0) is 22.0. The van der Waals surface area contributed by atoms with Gasteiger partial charge in [-0.3, -0.25) is 14.3 Å². The fraction of sp³-hybridized carbons (Fsp3) is 0.0455. The van der Waals surface area contributed by atoms with Crippen molar-refractivity contribution in [2.75, 3.05) is 4.72 Å². The smallest absolute Gasteiger partial charge is 0.271 e. The maximum absolute atomic E-state index is 12.7. The lowest BCUT2D eigenvalue weighted by Crippen LogP contribution is -2.20. The molecule has 1 amide bonds. The second-order valence-electron chi connectivity index (χ2n) is 6.79. The predicted octanol–water partition coefficient (Wildman–Crippen LogP) is 3.86. The fourth-order valence-electron chi connectivity index (χ4n) is 3.14. The number of carbonyl (C=O) groups is 2. The van der Waals surface area contributed by atoms with E-state index in [0.29, 0.717) is 27.5 Å². The molecule has 0 saturated carbocycles. The summed E-state index contributed by atoms with van der Waals surface area (Å²) in [5.74, 6) is -0.655. The van der Waals surface area contributed by atoms with Crippen LogP contribution in [-0.2, 0) is 10.0 Å². The molecule has 0 atom stereocenters. The van der Waals surface area contributed by atoms with Crippen LogP contribution in [0.3, 0.4) is 0 Å². The number of halogens is 1. The highest BCUT2D eigenvalue weighted by Gasteiger charge is 2.25. The number of ketones is 1. The van der Waals surface area contributed by atoms with Crippen LogP contribution < -0.4 is 10.1 Å². The molecule has 1 aliphatic carbocycles. The van der Waals surface area contributed by atoms with E-state index < -0.39 is 15.9 Å². The van der Waals surface area contributed by atoms with Gasteiger partial charge in [-0.2, -0.15) is 5.10 Å². The van der Waals surface area contributed by atoms with Crippen molar-refractivity contribution in [2.45, 2.75) is 11.3 Å². The van der Waals surface area contributed by atoms with Gasteiger partial charge in [0.15, 0.2) is 5.78 Å². The Morgan fingerprint density at radius 1 is 0.935 bits per heavy atom. The third-order valence-electron chi connectivity index (χ3n) is 4.66. The third kappa shape index (κ3) is 4.50. The van der Waals surface area contributed by atoms with Crippen molar-refractivity contribution in [3.63, 3.8) is 0 Å². The molecule has 3 aromatic rings. The molecule has 0 fully saturated rings. The normalized spacial score (nSPS) is 14.4. The molecule has 1 aliphatic rings. The van der Waals surface area contributed by atoms with E-state index in [1.54, 1.807) is 36.4 Å². The van der Waals surface area contributed by atoms with E-state index in [-0.39, 0.29) is 22.7 Å². The summed E-state index contributed by atoms with van der Waals surface area (Å²) in [6.45, 7) is 0. The molecule has 0 bridgehead atoms. The summed E-state index contributed by atoms with van der Waals surface area (Å²) in [6, 6.07) is 18.8. The number of hydrogen-bond acceptors (Lipinski definition) is 5. The highest BCUT2D eigenvalue weighted by Crippen LogP contribution is 2.22. The van der Waals surface area contributed by atoms with Crippen LogP contribution in [0.1, 0.15) is 32.7 Å². The molecule has 0 radical (unpaired) electrons. The quantitative estimate of drug-likeness (QED) is 0.572. The number of fused-ring (bicyclic) bond motifs is 1. The van der Waals surface area contributed by atoms with Gasteiger partial charge in [0, 0.05) is 27.4 Å². The molecular weight excluding hydrogens is 438 g/mol. The topological polar surface area (TPSA) is 105 Å². The Labute approximate surface area is 183 Å². The van der Waals surface area contributed by atoms with Crippen molar-refractivity contribution in [3.05, 3.63) is 94.5 Å². The van der Waals surface area contributed by atoms with E-state index in [9.17, 15) is 18.0 Å². The zero-order valence-electron chi connectivity index (χ0n) is 16.0. The van der Waals surface area contributed by atoms with Gasteiger partial charge < -0.3 is 0 Å². The van der Waals surface area contributed by atoms with E-state index in [2.05, 4.69) is 15.2 Å². The number of carbonyl (C=O) groups excluding carboxylic acids is 2. The monoisotopic (exact) mass is 453 g/mol. The second kappa shape index (κ2) is 8.33. The van der Waals surface area contributed by atoms with E-state index >= 15 is 0 Å². The van der Waals surface area contributed by atoms with Crippen LogP contribution >= 0.6 is 11.6 Å². The maximum atomic E-state index is 12.7. The average molecular weight is 454 g/mol. The highest BCUT2D eigenvalue weighted by molar-refractivity contribution is 7.92. The molecule has 31 heavy (non-hydrogen) atoms. The van der Waals surface area contributed by atoms with Gasteiger partial charge in [0.25, 0.3) is 15.9 Å². The number of anilines is 1. The van der Waals surface area contributed by atoms with Crippen molar-refractivity contribution < 1.29 is 18.0 Å². The van der Waals surface area contributed by atoms with Crippen molar-refractivity contribution in [3.8, 4) is 0 Å². The molecule has 156 valence electrons. The lowest BCUT2D eigenvalue weighted by Gasteiger charge is -2.09. The summed E-state index contributed by atoms with van der Waals surface area (Å²) in [6.07, 6.45) is 0.0963. The van der Waals surface area contributed by atoms with Gasteiger partial charge in [0.2, 0.25) is 0 Å². The molecule has 9 heteroatoms. The minimum atomic E-state index is -3.91. The van der Waals surface area contributed by atoms with E-state index in [0.717, 1.165) is 0 Å². The van der Waals surface area contributed by atoms with Gasteiger partial charge >= 0.3 is 0 Å². The Balaban J connectivity index is 1.52. The number of amides is 1. The van der Waals surface area contributed by atoms with Crippen LogP contribution in [0.25, 0.3) is 0 Å². The number of benzene rings is 3. The minimum Gasteiger partial charge on any atom is -0.294 e. The molecule has 0 saturated heterocycles. The largest absolute Gasteiger partial charge is 0.294 e. The van der Waals surface area contributed by atoms with Crippen molar-refractivity contribution in [2.24, 2.45) is 5.10 Å². The Morgan fingerprint density at radius 3 is 2.39 bits per heavy atom. The molecule has 3 aromatic carbocycles. The zero-order valence-corrected chi connectivity index (χ0v) is 17.6. The minimum absolute atomic E-state index is 0.0648. The second-order valence-corrected chi connectivity index (χ2v) is 8.90. The Kier molecular flexibility index (Phi) is 5.58. The Bertz CT molecular complexity index is 1320. The molecule has 0 unspecified atom stereocenters. The molecule has 0 aliphatic heterocycles. The number of Topliss-reactive ketones (excluding diaryl/α,β-unsaturated/α-hetero) is 1. The van der Waals surface area contributed by atoms with Crippen molar-refractivity contribution in [1.82, 2.24) is 5.43 Å². The van der Waals surface area contributed by atoms with Gasteiger partial charge in [-0.25, -0.2) is 13.8 Å². The summed E-state index contributed by atoms with van der Waals surface area (Å²) < 4.78 is 27.8. The molecule has 4 rings (SSSR count). The maximum Gasteiger partial charge on any atom is 0.271 e. The molecule has 7 nitrogen and oxygen atoms in total. The summed E-state index contributed by atoms with van der Waals surface area (Å²) >= 11 is 5.82. The van der Waals surface area contributed by atoms with E-state index in [1.165, 1.54) is 36.4 Å². The van der Waals surface area contributed by atoms with Gasteiger partial charge in [0.1, 0.15) is 0 Å². The number of nitrogens with one attached hydrogen (secondary N) is 2. The summed E-state index contributed by atoms with van der Waals surface area (Å²) in [5, 5.41) is 4.56. The first-order valence-corrected chi connectivity index (χ1v) is 11.1. The Hall–Kier alpha value is -3.49. The molecule has 0 aromatic heterocycles. The van der Waals surface area contributed by atoms with Crippen molar-refractivity contribution in [1.29, 1.82) is 0 Å². The molecular formula is C22H16ClN3O4S. The molecule has 2 N–H and O–H groups in total. The van der Waals surface area contributed by atoms with Crippen LogP contribution in [0.4, 0.5) is 5.69 Å². The van der Waals surface area contributed by atoms with Crippen LogP contribution in [0.2, 0.25) is 5.02 Å². The molecule has 0 spiro atoms. The SMILES string of the molecule is O=C(NN=C1CC(=O)c2ccccc21)c1cccc(S(=O)(=O)Nc2ccc(Cl)cc2)c1. The summed E-state index contributed by atoms with van der Waals surface area (Å²) in [4.78, 5) is 24.5. The number of sulfonamides is 1. The van der Waals surface area contributed by atoms with Crippen LogP contribution in [0.5, 0.6) is 0 Å². The number of rotatable bonds is 5. The van der Waals surface area contributed by atoms with Gasteiger partial charge in [-0.15, -0.1) is 0 Å². The predicted molar refractivity (Wildman–Crippen MR) is 118 cm³/mol. The Morgan fingerprint density at radius 2 is 1.65 bits per heavy atom.